The fraction of sp³-hybridized carbons (Fsp3) is 0.286. The molecule has 0 aliphatic carbocycles. The number of carboxylic acids is 1. The van der Waals surface area contributed by atoms with E-state index in [0.29, 0.717) is 22.6 Å². The van der Waals surface area contributed by atoms with Crippen molar-refractivity contribution in [2.45, 2.75) is 19.5 Å². The molecule has 0 fully saturated rings. The Morgan fingerprint density at radius 3 is 2.60 bits per heavy atom. The third-order valence-electron chi connectivity index (χ3n) is 2.97. The van der Waals surface area contributed by atoms with Crippen molar-refractivity contribution < 1.29 is 19.0 Å². The van der Waals surface area contributed by atoms with Crippen LogP contribution in [0.4, 0.5) is 4.39 Å². The molecule has 0 aliphatic heterocycles. The SMILES string of the molecule is COc1ccc(C(C)(C)F)cc1-c1cc(C(=O)O)[nH]n1. The van der Waals surface area contributed by atoms with Crippen molar-refractivity contribution in [2.24, 2.45) is 0 Å². The summed E-state index contributed by atoms with van der Waals surface area (Å²) in [5.41, 5.74) is -0.141. The van der Waals surface area contributed by atoms with Gasteiger partial charge < -0.3 is 9.84 Å². The lowest BCUT2D eigenvalue weighted by molar-refractivity contribution is 0.0690. The lowest BCUT2D eigenvalue weighted by Gasteiger charge is -2.17. The van der Waals surface area contributed by atoms with Crippen LogP contribution >= 0.6 is 0 Å². The van der Waals surface area contributed by atoms with Crippen LogP contribution in [0.25, 0.3) is 11.3 Å². The zero-order valence-electron chi connectivity index (χ0n) is 11.4. The predicted molar refractivity (Wildman–Crippen MR) is 71.7 cm³/mol. The largest absolute Gasteiger partial charge is 0.496 e. The molecule has 0 atom stereocenters. The molecule has 0 saturated heterocycles. The number of benzene rings is 1. The molecule has 1 heterocycles. The number of carbonyl (C=O) groups is 1. The van der Waals surface area contributed by atoms with Gasteiger partial charge in [-0.1, -0.05) is 6.07 Å². The first-order chi connectivity index (χ1) is 9.32. The summed E-state index contributed by atoms with van der Waals surface area (Å²) >= 11 is 0. The van der Waals surface area contributed by atoms with E-state index >= 15 is 0 Å². The van der Waals surface area contributed by atoms with Gasteiger partial charge in [-0.25, -0.2) is 9.18 Å². The number of aromatic nitrogens is 2. The van der Waals surface area contributed by atoms with E-state index in [9.17, 15) is 9.18 Å². The van der Waals surface area contributed by atoms with Gasteiger partial charge in [-0.05, 0) is 37.6 Å². The van der Waals surface area contributed by atoms with Gasteiger partial charge in [-0.2, -0.15) is 5.10 Å². The zero-order valence-corrected chi connectivity index (χ0v) is 11.4. The van der Waals surface area contributed by atoms with Crippen LogP contribution < -0.4 is 4.74 Å². The predicted octanol–water partition coefficient (Wildman–Crippen LogP) is 2.99. The Hall–Kier alpha value is -2.37. The Labute approximate surface area is 115 Å². The summed E-state index contributed by atoms with van der Waals surface area (Å²) in [7, 11) is 1.49. The van der Waals surface area contributed by atoms with Crippen LogP contribution in [0.3, 0.4) is 0 Å². The molecule has 0 amide bonds. The Morgan fingerprint density at radius 1 is 1.40 bits per heavy atom. The minimum absolute atomic E-state index is 0.0352. The summed E-state index contributed by atoms with van der Waals surface area (Å²) in [6.07, 6.45) is 0. The average molecular weight is 278 g/mol. The first-order valence-electron chi connectivity index (χ1n) is 5.99. The molecule has 5 nitrogen and oxygen atoms in total. The van der Waals surface area contributed by atoms with E-state index < -0.39 is 11.6 Å². The van der Waals surface area contributed by atoms with Gasteiger partial charge in [0.15, 0.2) is 0 Å². The monoisotopic (exact) mass is 278 g/mol. The molecule has 106 valence electrons. The normalized spacial score (nSPS) is 11.4. The number of H-pyrrole nitrogens is 1. The van der Waals surface area contributed by atoms with Crippen LogP contribution in [-0.4, -0.2) is 28.4 Å². The Kier molecular flexibility index (Phi) is 3.48. The van der Waals surface area contributed by atoms with Crippen LogP contribution in [0.15, 0.2) is 24.3 Å². The molecule has 1 aromatic carbocycles. The van der Waals surface area contributed by atoms with Crippen LogP contribution in [-0.2, 0) is 5.67 Å². The van der Waals surface area contributed by atoms with E-state index in [1.165, 1.54) is 27.0 Å². The lowest BCUT2D eigenvalue weighted by atomic mass is 9.96. The minimum Gasteiger partial charge on any atom is -0.496 e. The van der Waals surface area contributed by atoms with Gasteiger partial charge in [0.2, 0.25) is 0 Å². The Balaban J connectivity index is 2.55. The summed E-state index contributed by atoms with van der Waals surface area (Å²) < 4.78 is 19.2. The molecule has 1 aromatic heterocycles. The molecule has 6 heteroatoms. The van der Waals surface area contributed by atoms with Gasteiger partial charge in [0.05, 0.1) is 12.8 Å². The number of hydrogen-bond acceptors (Lipinski definition) is 3. The first kappa shape index (κ1) is 14.0. The smallest absolute Gasteiger partial charge is 0.353 e. The Morgan fingerprint density at radius 2 is 2.10 bits per heavy atom. The highest BCUT2D eigenvalue weighted by Gasteiger charge is 2.22. The maximum atomic E-state index is 14.0. The van der Waals surface area contributed by atoms with Gasteiger partial charge in [0.1, 0.15) is 17.1 Å². The molecule has 0 bridgehead atoms. The van der Waals surface area contributed by atoms with Crippen molar-refractivity contribution in [3.8, 4) is 17.0 Å². The third-order valence-corrected chi connectivity index (χ3v) is 2.97. The van der Waals surface area contributed by atoms with Crippen molar-refractivity contribution in [2.75, 3.05) is 7.11 Å². The Bertz CT molecular complexity index is 644. The van der Waals surface area contributed by atoms with Crippen LogP contribution in [0.2, 0.25) is 0 Å². The second kappa shape index (κ2) is 4.96. The first-order valence-corrected chi connectivity index (χ1v) is 5.99. The number of hydrogen-bond donors (Lipinski definition) is 2. The van der Waals surface area contributed by atoms with Crippen molar-refractivity contribution in [1.29, 1.82) is 0 Å². The summed E-state index contributed by atoms with van der Waals surface area (Å²) in [4.78, 5) is 10.9. The number of rotatable bonds is 4. The second-order valence-corrected chi connectivity index (χ2v) is 4.86. The average Bonchev–Trinajstić information content (AvgIpc) is 2.86. The highest BCUT2D eigenvalue weighted by Crippen LogP contribution is 2.34. The third kappa shape index (κ3) is 2.64. The number of halogens is 1. The van der Waals surface area contributed by atoms with E-state index in [0.717, 1.165) is 0 Å². The van der Waals surface area contributed by atoms with Crippen molar-refractivity contribution in [1.82, 2.24) is 10.2 Å². The molecular weight excluding hydrogens is 263 g/mol. The van der Waals surface area contributed by atoms with Crippen molar-refractivity contribution in [3.05, 3.63) is 35.5 Å². The summed E-state index contributed by atoms with van der Waals surface area (Å²) in [6.45, 7) is 2.90. The summed E-state index contributed by atoms with van der Waals surface area (Å²) in [5.74, 6) is -0.605. The van der Waals surface area contributed by atoms with E-state index in [4.69, 9.17) is 9.84 Å². The van der Waals surface area contributed by atoms with Gasteiger partial charge >= 0.3 is 5.97 Å². The number of nitrogens with one attached hydrogen (secondary N) is 1. The van der Waals surface area contributed by atoms with E-state index in [1.807, 2.05) is 0 Å². The lowest BCUT2D eigenvalue weighted by Crippen LogP contribution is -2.09. The van der Waals surface area contributed by atoms with Crippen molar-refractivity contribution in [3.63, 3.8) is 0 Å². The molecule has 0 spiro atoms. The molecule has 0 aliphatic rings. The fourth-order valence-electron chi connectivity index (χ4n) is 1.85. The van der Waals surface area contributed by atoms with E-state index in [1.54, 1.807) is 18.2 Å². The highest BCUT2D eigenvalue weighted by atomic mass is 19.1. The van der Waals surface area contributed by atoms with Gasteiger partial charge in [-0.15, -0.1) is 0 Å². The molecule has 2 N–H and O–H groups in total. The molecule has 20 heavy (non-hydrogen) atoms. The number of ether oxygens (including phenoxy) is 1. The van der Waals surface area contributed by atoms with Crippen LogP contribution in [0.1, 0.15) is 29.9 Å². The van der Waals surface area contributed by atoms with Gasteiger partial charge in [-0.3, -0.25) is 5.10 Å². The summed E-state index contributed by atoms with van der Waals surface area (Å²) in [6, 6.07) is 6.27. The maximum absolute atomic E-state index is 14.0. The number of nitrogens with zero attached hydrogens (tertiary/aromatic N) is 1. The quantitative estimate of drug-likeness (QED) is 0.901. The molecule has 0 saturated carbocycles. The molecular formula is C14H15FN2O3. The van der Waals surface area contributed by atoms with Crippen molar-refractivity contribution >= 4 is 5.97 Å². The topological polar surface area (TPSA) is 75.2 Å². The maximum Gasteiger partial charge on any atom is 0.353 e. The van der Waals surface area contributed by atoms with E-state index in [-0.39, 0.29) is 5.69 Å². The minimum atomic E-state index is -1.51. The zero-order chi connectivity index (χ0) is 14.9. The number of methoxy groups -OCH3 is 1. The summed E-state index contributed by atoms with van der Waals surface area (Å²) in [5, 5.41) is 15.2. The molecule has 0 radical (unpaired) electrons. The number of alkyl halides is 1. The van der Waals surface area contributed by atoms with Crippen LogP contribution in [0.5, 0.6) is 5.75 Å². The second-order valence-electron chi connectivity index (χ2n) is 4.86. The molecule has 0 unspecified atom stereocenters. The fourth-order valence-corrected chi connectivity index (χ4v) is 1.85. The van der Waals surface area contributed by atoms with Gasteiger partial charge in [0.25, 0.3) is 0 Å². The standard InChI is InChI=1S/C14H15FN2O3/c1-14(2,15)8-4-5-12(20-3)9(6-8)10-7-11(13(18)19)17-16-10/h4-7H,1-3H3,(H,16,17)(H,18,19). The van der Waals surface area contributed by atoms with E-state index in [2.05, 4.69) is 10.2 Å². The highest BCUT2D eigenvalue weighted by molar-refractivity contribution is 5.87. The molecule has 2 rings (SSSR count). The number of aromatic carboxylic acids is 1. The van der Waals surface area contributed by atoms with Crippen LogP contribution in [0, 0.1) is 0 Å². The molecule has 2 aromatic rings. The number of aromatic amines is 1. The van der Waals surface area contributed by atoms with Gasteiger partial charge in [0, 0.05) is 5.56 Å². The number of carboxylic acid groups (broad SMARTS) is 1.